The number of likely N-dealkylation sites (tertiary alicyclic amines) is 1. The van der Waals surface area contributed by atoms with E-state index in [0.717, 1.165) is 30.5 Å². The molecular formula is C19H22FN3O3. The van der Waals surface area contributed by atoms with Gasteiger partial charge in [-0.25, -0.2) is 4.39 Å². The number of carbonyl (C=O) groups is 1. The number of aryl methyl sites for hydroxylation is 1. The predicted molar refractivity (Wildman–Crippen MR) is 92.2 cm³/mol. The van der Waals surface area contributed by atoms with E-state index in [-0.39, 0.29) is 24.4 Å². The van der Waals surface area contributed by atoms with E-state index in [1.807, 2.05) is 16.6 Å². The number of halogens is 1. The minimum absolute atomic E-state index is 0.0315. The van der Waals surface area contributed by atoms with Crippen LogP contribution in [0.5, 0.6) is 5.75 Å². The Bertz CT molecular complexity index is 803. The van der Waals surface area contributed by atoms with E-state index in [1.165, 1.54) is 30.0 Å². The normalized spacial score (nSPS) is 19.5. The molecule has 1 aromatic heterocycles. The topological polar surface area (TPSA) is 56.6 Å². The zero-order valence-corrected chi connectivity index (χ0v) is 14.8. The van der Waals surface area contributed by atoms with Crippen molar-refractivity contribution in [3.05, 3.63) is 47.0 Å². The van der Waals surface area contributed by atoms with Crippen LogP contribution in [0.25, 0.3) is 0 Å². The summed E-state index contributed by atoms with van der Waals surface area (Å²) >= 11 is 0. The summed E-state index contributed by atoms with van der Waals surface area (Å²) in [6.07, 6.45) is 2.69. The number of amides is 1. The molecule has 0 unspecified atom stereocenters. The van der Waals surface area contributed by atoms with Gasteiger partial charge >= 0.3 is 0 Å². The molecule has 138 valence electrons. The molecule has 3 heterocycles. The first kappa shape index (κ1) is 17.0. The first-order chi connectivity index (χ1) is 12.6. The van der Waals surface area contributed by atoms with Gasteiger partial charge < -0.3 is 14.4 Å². The summed E-state index contributed by atoms with van der Waals surface area (Å²) in [5.41, 5.74) is 3.28. The molecule has 2 aliphatic heterocycles. The van der Waals surface area contributed by atoms with Crippen LogP contribution in [0.3, 0.4) is 0 Å². The maximum Gasteiger partial charge on any atom is 0.261 e. The van der Waals surface area contributed by atoms with E-state index in [1.54, 1.807) is 0 Å². The molecule has 0 saturated carbocycles. The largest absolute Gasteiger partial charge is 0.484 e. The van der Waals surface area contributed by atoms with Crippen molar-refractivity contribution < 1.29 is 18.7 Å². The van der Waals surface area contributed by atoms with E-state index in [2.05, 4.69) is 0 Å². The van der Waals surface area contributed by atoms with Crippen molar-refractivity contribution in [3.63, 3.8) is 0 Å². The lowest BCUT2D eigenvalue weighted by Crippen LogP contribution is -2.35. The molecule has 1 saturated heterocycles. The first-order valence-corrected chi connectivity index (χ1v) is 8.93. The molecule has 1 aromatic carbocycles. The fourth-order valence-corrected chi connectivity index (χ4v) is 3.81. The molecule has 1 fully saturated rings. The van der Waals surface area contributed by atoms with Crippen molar-refractivity contribution >= 4 is 5.91 Å². The molecule has 0 bridgehead atoms. The molecule has 7 heteroatoms. The maximum atomic E-state index is 13.0. The third-order valence-corrected chi connectivity index (χ3v) is 5.10. The second-order valence-corrected chi connectivity index (χ2v) is 6.72. The lowest BCUT2D eigenvalue weighted by molar-refractivity contribution is -0.134. The van der Waals surface area contributed by atoms with Crippen LogP contribution < -0.4 is 4.74 Å². The highest BCUT2D eigenvalue weighted by Gasteiger charge is 2.35. The minimum Gasteiger partial charge on any atom is -0.484 e. The number of carbonyl (C=O) groups excluding carboxylic acids is 1. The van der Waals surface area contributed by atoms with E-state index in [4.69, 9.17) is 14.6 Å². The van der Waals surface area contributed by atoms with Gasteiger partial charge in [0, 0.05) is 31.3 Å². The van der Waals surface area contributed by atoms with Gasteiger partial charge in [0.05, 0.1) is 24.9 Å². The predicted octanol–water partition coefficient (Wildman–Crippen LogP) is 2.37. The Morgan fingerprint density at radius 1 is 1.38 bits per heavy atom. The summed E-state index contributed by atoms with van der Waals surface area (Å²) in [4.78, 5) is 14.6. The van der Waals surface area contributed by atoms with E-state index >= 15 is 0 Å². The average molecular weight is 359 g/mol. The fraction of sp³-hybridized carbons (Fsp3) is 0.474. The Balaban J connectivity index is 1.48. The third-order valence-electron chi connectivity index (χ3n) is 5.10. The molecule has 0 spiro atoms. The smallest absolute Gasteiger partial charge is 0.261 e. The van der Waals surface area contributed by atoms with Gasteiger partial charge in [-0.1, -0.05) is 0 Å². The van der Waals surface area contributed by atoms with Crippen LogP contribution in [0.4, 0.5) is 4.39 Å². The van der Waals surface area contributed by atoms with Crippen LogP contribution in [0, 0.1) is 5.82 Å². The van der Waals surface area contributed by atoms with E-state index < -0.39 is 0 Å². The first-order valence-electron chi connectivity index (χ1n) is 8.93. The van der Waals surface area contributed by atoms with Crippen molar-refractivity contribution in [2.45, 2.75) is 31.9 Å². The number of hydrogen-bond donors (Lipinski definition) is 0. The molecule has 26 heavy (non-hydrogen) atoms. The molecule has 0 N–H and O–H groups in total. The zero-order valence-electron chi connectivity index (χ0n) is 14.8. The summed E-state index contributed by atoms with van der Waals surface area (Å²) in [7, 11) is 1.95. The van der Waals surface area contributed by atoms with Gasteiger partial charge in [0.25, 0.3) is 5.91 Å². The lowest BCUT2D eigenvalue weighted by Gasteiger charge is -2.25. The molecule has 1 atom stereocenters. The van der Waals surface area contributed by atoms with Gasteiger partial charge in [-0.3, -0.25) is 9.48 Å². The van der Waals surface area contributed by atoms with Crippen LogP contribution >= 0.6 is 0 Å². The Hall–Kier alpha value is -2.41. The maximum absolute atomic E-state index is 13.0. The molecule has 0 aliphatic carbocycles. The van der Waals surface area contributed by atoms with E-state index in [9.17, 15) is 9.18 Å². The van der Waals surface area contributed by atoms with Gasteiger partial charge in [0.2, 0.25) is 0 Å². The summed E-state index contributed by atoms with van der Waals surface area (Å²) in [6, 6.07) is 5.65. The Labute approximate surface area is 151 Å². The summed E-state index contributed by atoms with van der Waals surface area (Å²) in [5.74, 6) is 0.0810. The second kappa shape index (κ2) is 7.07. The molecule has 2 aromatic rings. The quantitative estimate of drug-likeness (QED) is 0.841. The van der Waals surface area contributed by atoms with Crippen LogP contribution in [0.2, 0.25) is 0 Å². The zero-order chi connectivity index (χ0) is 18.1. The highest BCUT2D eigenvalue weighted by atomic mass is 19.1. The van der Waals surface area contributed by atoms with Crippen molar-refractivity contribution in [2.24, 2.45) is 7.05 Å². The number of ether oxygens (including phenoxy) is 2. The summed E-state index contributed by atoms with van der Waals surface area (Å²) < 4.78 is 26.0. The van der Waals surface area contributed by atoms with Crippen LogP contribution in [0.15, 0.2) is 24.3 Å². The van der Waals surface area contributed by atoms with Gasteiger partial charge in [-0.2, -0.15) is 5.10 Å². The van der Waals surface area contributed by atoms with Gasteiger partial charge in [-0.15, -0.1) is 0 Å². The van der Waals surface area contributed by atoms with Crippen molar-refractivity contribution in [1.82, 2.24) is 14.7 Å². The van der Waals surface area contributed by atoms with Crippen LogP contribution in [-0.4, -0.2) is 40.3 Å². The number of benzene rings is 1. The number of rotatable bonds is 4. The van der Waals surface area contributed by atoms with Gasteiger partial charge in [0.15, 0.2) is 6.61 Å². The average Bonchev–Trinajstić information content (AvgIpc) is 3.26. The van der Waals surface area contributed by atoms with Crippen molar-refractivity contribution in [1.29, 1.82) is 0 Å². The monoisotopic (exact) mass is 359 g/mol. The summed E-state index contributed by atoms with van der Waals surface area (Å²) in [5, 5.41) is 4.70. The second-order valence-electron chi connectivity index (χ2n) is 6.72. The number of hydrogen-bond acceptors (Lipinski definition) is 4. The molecule has 6 nitrogen and oxygen atoms in total. The lowest BCUT2D eigenvalue weighted by atomic mass is 10.0. The van der Waals surface area contributed by atoms with Crippen LogP contribution in [-0.2, 0) is 29.6 Å². The highest BCUT2D eigenvalue weighted by molar-refractivity contribution is 5.78. The van der Waals surface area contributed by atoms with Crippen molar-refractivity contribution in [3.8, 4) is 5.75 Å². The standard InChI is InChI=1S/C19H22FN3O3/c1-22-16-8-10-25-11-15(16)19(21-22)17-3-2-9-23(17)18(24)12-26-14-6-4-13(20)5-7-14/h4-7,17H,2-3,8-12H2,1H3/t17-/m0/s1. The SMILES string of the molecule is Cn1nc([C@@H]2CCCN2C(=O)COc2ccc(F)cc2)c2c1CCOC2. The van der Waals surface area contributed by atoms with Gasteiger partial charge in [0.1, 0.15) is 11.6 Å². The number of fused-ring (bicyclic) bond motifs is 1. The minimum atomic E-state index is -0.328. The van der Waals surface area contributed by atoms with Gasteiger partial charge in [-0.05, 0) is 37.1 Å². The Morgan fingerprint density at radius 3 is 3.00 bits per heavy atom. The molecule has 4 rings (SSSR count). The summed E-state index contributed by atoms with van der Waals surface area (Å²) in [6.45, 7) is 1.91. The molecule has 2 aliphatic rings. The Kier molecular flexibility index (Phi) is 4.63. The number of nitrogens with zero attached hydrogens (tertiary/aromatic N) is 3. The third kappa shape index (κ3) is 3.19. The van der Waals surface area contributed by atoms with Crippen LogP contribution in [0.1, 0.15) is 35.8 Å². The fourth-order valence-electron chi connectivity index (χ4n) is 3.81. The molecule has 1 amide bonds. The number of aromatic nitrogens is 2. The molecular weight excluding hydrogens is 337 g/mol. The van der Waals surface area contributed by atoms with E-state index in [0.29, 0.717) is 25.5 Å². The molecule has 0 radical (unpaired) electrons. The Morgan fingerprint density at radius 2 is 2.19 bits per heavy atom. The van der Waals surface area contributed by atoms with Crippen molar-refractivity contribution in [2.75, 3.05) is 19.8 Å². The highest BCUT2D eigenvalue weighted by Crippen LogP contribution is 2.35.